The van der Waals surface area contributed by atoms with E-state index in [1.807, 2.05) is 6.33 Å². The summed E-state index contributed by atoms with van der Waals surface area (Å²) >= 11 is 0. The first kappa shape index (κ1) is 20.7. The third-order valence-corrected chi connectivity index (χ3v) is 7.38. The summed E-state index contributed by atoms with van der Waals surface area (Å²) in [6.45, 7) is 5.21. The molecule has 0 atom stereocenters. The second-order valence-corrected chi connectivity index (χ2v) is 9.33. The number of nitrogens with zero attached hydrogens (tertiary/aromatic N) is 8. The molecule has 10 heteroatoms. The molecule has 5 heterocycles. The third kappa shape index (κ3) is 4.02. The van der Waals surface area contributed by atoms with E-state index in [-0.39, 0.29) is 5.95 Å². The number of anilines is 2. The number of morpholine rings is 1. The van der Waals surface area contributed by atoms with Crippen LogP contribution in [-0.2, 0) is 4.74 Å². The van der Waals surface area contributed by atoms with Crippen molar-refractivity contribution in [1.82, 2.24) is 34.4 Å². The molecule has 2 saturated heterocycles. The average Bonchev–Trinajstić information content (AvgIpc) is 3.55. The van der Waals surface area contributed by atoms with Crippen LogP contribution >= 0.6 is 0 Å². The van der Waals surface area contributed by atoms with Crippen molar-refractivity contribution in [3.05, 3.63) is 18.7 Å². The van der Waals surface area contributed by atoms with Gasteiger partial charge in [0.1, 0.15) is 11.2 Å². The number of aromatic nitrogens is 6. The number of imidazole rings is 1. The highest BCUT2D eigenvalue weighted by molar-refractivity contribution is 5.88. The molecule has 2 aliphatic heterocycles. The smallest absolute Gasteiger partial charge is 0.228 e. The highest BCUT2D eigenvalue weighted by Gasteiger charge is 2.29. The van der Waals surface area contributed by atoms with Gasteiger partial charge < -0.3 is 24.8 Å². The number of hydrogen-bond acceptors (Lipinski definition) is 9. The van der Waals surface area contributed by atoms with Gasteiger partial charge in [-0.1, -0.05) is 12.8 Å². The molecule has 33 heavy (non-hydrogen) atoms. The van der Waals surface area contributed by atoms with Crippen molar-refractivity contribution in [3.8, 4) is 11.3 Å². The Morgan fingerprint density at radius 3 is 2.30 bits per heavy atom. The minimum Gasteiger partial charge on any atom is -0.378 e. The number of nitrogens with two attached hydrogens (primary N) is 1. The van der Waals surface area contributed by atoms with Gasteiger partial charge in [-0.05, 0) is 25.7 Å². The summed E-state index contributed by atoms with van der Waals surface area (Å²) in [5.74, 6) is 0.958. The molecule has 174 valence electrons. The van der Waals surface area contributed by atoms with Crippen molar-refractivity contribution in [3.63, 3.8) is 0 Å². The summed E-state index contributed by atoms with van der Waals surface area (Å²) < 4.78 is 7.81. The van der Waals surface area contributed by atoms with Gasteiger partial charge in [0.2, 0.25) is 11.9 Å². The van der Waals surface area contributed by atoms with Crippen LogP contribution in [0.15, 0.2) is 18.7 Å². The molecule has 6 rings (SSSR count). The lowest BCUT2D eigenvalue weighted by Gasteiger charge is -2.36. The Morgan fingerprint density at radius 1 is 0.848 bits per heavy atom. The van der Waals surface area contributed by atoms with Gasteiger partial charge in [0.15, 0.2) is 5.65 Å². The molecule has 1 aliphatic carbocycles. The average molecular weight is 450 g/mol. The van der Waals surface area contributed by atoms with Crippen LogP contribution < -0.4 is 10.6 Å². The maximum atomic E-state index is 5.72. The molecule has 3 aromatic heterocycles. The molecule has 0 radical (unpaired) electrons. The van der Waals surface area contributed by atoms with E-state index in [4.69, 9.17) is 25.4 Å². The molecule has 2 N–H and O–H groups in total. The van der Waals surface area contributed by atoms with Crippen LogP contribution in [0.5, 0.6) is 0 Å². The zero-order valence-electron chi connectivity index (χ0n) is 18.9. The lowest BCUT2D eigenvalue weighted by atomic mass is 10.0. The van der Waals surface area contributed by atoms with Gasteiger partial charge in [0.25, 0.3) is 0 Å². The molecule has 3 aliphatic rings. The quantitative estimate of drug-likeness (QED) is 0.641. The minimum absolute atomic E-state index is 0.247. The SMILES string of the molecule is Nc1ncc(-c2nc(N3CCOCC3)nc3c2ncn3C2CCN(C3CCCC3)CC2)cn1. The Balaban J connectivity index is 1.35. The number of fused-ring (bicyclic) bond motifs is 1. The maximum absolute atomic E-state index is 5.72. The second-order valence-electron chi connectivity index (χ2n) is 9.33. The first-order valence-corrected chi connectivity index (χ1v) is 12.2. The van der Waals surface area contributed by atoms with Crippen LogP contribution in [0.4, 0.5) is 11.9 Å². The lowest BCUT2D eigenvalue weighted by molar-refractivity contribution is 0.122. The fourth-order valence-corrected chi connectivity index (χ4v) is 5.54. The summed E-state index contributed by atoms with van der Waals surface area (Å²) in [7, 11) is 0. The van der Waals surface area contributed by atoms with Crippen LogP contribution in [0, 0.1) is 0 Å². The first-order valence-electron chi connectivity index (χ1n) is 12.2. The van der Waals surface area contributed by atoms with E-state index in [0.717, 1.165) is 67.5 Å². The van der Waals surface area contributed by atoms with E-state index in [2.05, 4.69) is 24.3 Å². The lowest BCUT2D eigenvalue weighted by Crippen LogP contribution is -2.40. The Bertz CT molecular complexity index is 1100. The van der Waals surface area contributed by atoms with Gasteiger partial charge in [0.05, 0.1) is 19.5 Å². The second kappa shape index (κ2) is 8.83. The van der Waals surface area contributed by atoms with Gasteiger partial charge in [-0.3, -0.25) is 0 Å². The summed E-state index contributed by atoms with van der Waals surface area (Å²) in [5, 5.41) is 0. The summed E-state index contributed by atoms with van der Waals surface area (Å²) in [5.41, 5.74) is 8.95. The Hall–Kier alpha value is -2.85. The molecule has 3 aromatic rings. The predicted molar refractivity (Wildman–Crippen MR) is 126 cm³/mol. The topological polar surface area (TPSA) is 111 Å². The monoisotopic (exact) mass is 449 g/mol. The number of ether oxygens (including phenoxy) is 1. The molecule has 0 aromatic carbocycles. The molecule has 0 spiro atoms. The fourth-order valence-electron chi connectivity index (χ4n) is 5.54. The van der Waals surface area contributed by atoms with E-state index in [1.54, 1.807) is 12.4 Å². The third-order valence-electron chi connectivity index (χ3n) is 7.38. The number of likely N-dealkylation sites (tertiary alicyclic amines) is 1. The molecular formula is C23H31N9O. The molecule has 10 nitrogen and oxygen atoms in total. The summed E-state index contributed by atoms with van der Waals surface area (Å²) in [6, 6.07) is 1.19. The summed E-state index contributed by atoms with van der Waals surface area (Å²) in [4.78, 5) is 27.9. The highest BCUT2D eigenvalue weighted by atomic mass is 16.5. The summed E-state index contributed by atoms with van der Waals surface area (Å²) in [6.07, 6.45) is 13.1. The van der Waals surface area contributed by atoms with E-state index in [9.17, 15) is 0 Å². The van der Waals surface area contributed by atoms with Crippen LogP contribution in [-0.4, -0.2) is 79.8 Å². The largest absolute Gasteiger partial charge is 0.378 e. The maximum Gasteiger partial charge on any atom is 0.228 e. The predicted octanol–water partition coefficient (Wildman–Crippen LogP) is 2.28. The number of rotatable bonds is 4. The number of piperidine rings is 1. The van der Waals surface area contributed by atoms with Gasteiger partial charge in [-0.25, -0.2) is 19.9 Å². The van der Waals surface area contributed by atoms with Gasteiger partial charge in [0, 0.05) is 56.2 Å². The van der Waals surface area contributed by atoms with E-state index in [0.29, 0.717) is 25.2 Å². The van der Waals surface area contributed by atoms with Crippen molar-refractivity contribution < 1.29 is 4.74 Å². The van der Waals surface area contributed by atoms with Gasteiger partial charge in [-0.15, -0.1) is 0 Å². The van der Waals surface area contributed by atoms with Crippen molar-refractivity contribution in [2.45, 2.75) is 50.6 Å². The van der Waals surface area contributed by atoms with Crippen LogP contribution in [0.25, 0.3) is 22.4 Å². The van der Waals surface area contributed by atoms with Crippen molar-refractivity contribution in [1.29, 1.82) is 0 Å². The first-order chi connectivity index (χ1) is 16.3. The molecule has 0 bridgehead atoms. The van der Waals surface area contributed by atoms with Gasteiger partial charge >= 0.3 is 0 Å². The van der Waals surface area contributed by atoms with Crippen LogP contribution in [0.1, 0.15) is 44.6 Å². The fraction of sp³-hybridized carbons (Fsp3) is 0.609. The molecular weight excluding hydrogens is 418 g/mol. The van der Waals surface area contributed by atoms with E-state index < -0.39 is 0 Å². The Morgan fingerprint density at radius 2 is 1.58 bits per heavy atom. The van der Waals surface area contributed by atoms with Crippen LogP contribution in [0.3, 0.4) is 0 Å². The van der Waals surface area contributed by atoms with Gasteiger partial charge in [-0.2, -0.15) is 4.98 Å². The van der Waals surface area contributed by atoms with Crippen molar-refractivity contribution >= 4 is 23.1 Å². The standard InChI is InChI=1S/C23H31N9O/c24-22-25-13-16(14-26-22)19-20-21(29-23(28-19)31-9-11-33-12-10-31)32(15-27-20)18-5-7-30(8-6-18)17-3-1-2-4-17/h13-15,17-18H,1-12H2,(H2,24,25,26). The molecule has 3 fully saturated rings. The molecule has 1 saturated carbocycles. The normalized spacial score (nSPS) is 21.3. The Kier molecular flexibility index (Phi) is 5.55. The molecule has 0 amide bonds. The zero-order valence-corrected chi connectivity index (χ0v) is 18.9. The van der Waals surface area contributed by atoms with Crippen molar-refractivity contribution in [2.24, 2.45) is 0 Å². The number of nitrogen functional groups attached to an aromatic ring is 1. The highest BCUT2D eigenvalue weighted by Crippen LogP contribution is 2.33. The van der Waals surface area contributed by atoms with E-state index >= 15 is 0 Å². The molecule has 0 unspecified atom stereocenters. The van der Waals surface area contributed by atoms with Crippen molar-refractivity contribution in [2.75, 3.05) is 50.0 Å². The zero-order chi connectivity index (χ0) is 22.2. The van der Waals surface area contributed by atoms with E-state index in [1.165, 1.54) is 25.7 Å². The minimum atomic E-state index is 0.247. The number of hydrogen-bond donors (Lipinski definition) is 1. The van der Waals surface area contributed by atoms with Crippen LogP contribution in [0.2, 0.25) is 0 Å². The Labute approximate surface area is 193 Å².